The number of carboxylic acids is 1. The van der Waals surface area contributed by atoms with E-state index < -0.39 is 5.97 Å². The Labute approximate surface area is 166 Å². The largest absolute Gasteiger partial charge is 0.478 e. The van der Waals surface area contributed by atoms with Gasteiger partial charge in [0.05, 0.1) is 16.8 Å². The number of hydrogen-bond acceptors (Lipinski definition) is 5. The fourth-order valence-electron chi connectivity index (χ4n) is 3.49. The summed E-state index contributed by atoms with van der Waals surface area (Å²) in [5, 5.41) is 14.2. The minimum Gasteiger partial charge on any atom is -0.478 e. The van der Waals surface area contributed by atoms with E-state index >= 15 is 0 Å². The van der Waals surface area contributed by atoms with Crippen molar-refractivity contribution in [3.8, 4) is 0 Å². The summed E-state index contributed by atoms with van der Waals surface area (Å²) in [6.07, 6.45) is 2.46. The molecule has 1 fully saturated rings. The summed E-state index contributed by atoms with van der Waals surface area (Å²) in [4.78, 5) is 31.0. The molecular weight excluding hydrogens is 374 g/mol. The number of carbonyl (C=O) groups is 2. The number of hydrogen-bond donors (Lipinski definition) is 2. The molecule has 0 bridgehead atoms. The van der Waals surface area contributed by atoms with Gasteiger partial charge < -0.3 is 15.3 Å². The molecule has 1 aliphatic heterocycles. The summed E-state index contributed by atoms with van der Waals surface area (Å²) < 4.78 is 0. The first-order chi connectivity index (χ1) is 13.6. The van der Waals surface area contributed by atoms with Crippen LogP contribution < -0.4 is 10.2 Å². The van der Waals surface area contributed by atoms with E-state index in [9.17, 15) is 14.7 Å². The predicted molar refractivity (Wildman–Crippen MR) is 109 cm³/mol. The van der Waals surface area contributed by atoms with Crippen molar-refractivity contribution in [1.29, 1.82) is 0 Å². The monoisotopic (exact) mass is 393 g/mol. The van der Waals surface area contributed by atoms with Gasteiger partial charge in [0.25, 0.3) is 5.91 Å². The van der Waals surface area contributed by atoms with Gasteiger partial charge in [-0.15, -0.1) is 11.3 Å². The van der Waals surface area contributed by atoms with Gasteiger partial charge in [-0.1, -0.05) is 36.4 Å². The van der Waals surface area contributed by atoms with Crippen LogP contribution in [-0.4, -0.2) is 35.1 Å². The molecule has 6 nitrogen and oxygen atoms in total. The third-order valence-corrected chi connectivity index (χ3v) is 5.73. The summed E-state index contributed by atoms with van der Waals surface area (Å²) in [5.41, 5.74) is 1.72. The van der Waals surface area contributed by atoms with Crippen LogP contribution in [0, 0.1) is 0 Å². The Morgan fingerprint density at radius 2 is 2.00 bits per heavy atom. The second-order valence-electron chi connectivity index (χ2n) is 6.67. The Hall–Kier alpha value is -3.19. The highest BCUT2D eigenvalue weighted by Crippen LogP contribution is 2.32. The smallest absolute Gasteiger partial charge is 0.339 e. The first-order valence-corrected chi connectivity index (χ1v) is 9.88. The second kappa shape index (κ2) is 7.82. The van der Waals surface area contributed by atoms with Crippen LogP contribution in [0.3, 0.4) is 0 Å². The van der Waals surface area contributed by atoms with Crippen molar-refractivity contribution < 1.29 is 14.7 Å². The third kappa shape index (κ3) is 3.75. The number of nitrogens with one attached hydrogen (secondary N) is 1. The number of rotatable bonds is 5. The van der Waals surface area contributed by atoms with Crippen molar-refractivity contribution >= 4 is 34.7 Å². The van der Waals surface area contributed by atoms with Crippen LogP contribution >= 0.6 is 11.3 Å². The molecule has 1 saturated heterocycles. The zero-order valence-electron chi connectivity index (χ0n) is 15.0. The normalized spacial score (nSPS) is 16.1. The summed E-state index contributed by atoms with van der Waals surface area (Å²) in [5.74, 6) is -0.535. The Balaban J connectivity index is 1.54. The summed E-state index contributed by atoms with van der Waals surface area (Å²) in [7, 11) is 0. The van der Waals surface area contributed by atoms with E-state index in [2.05, 4.69) is 22.4 Å². The number of carbonyl (C=O) groups excluding carboxylic acids is 1. The molecule has 1 atom stereocenters. The Morgan fingerprint density at radius 1 is 1.18 bits per heavy atom. The molecule has 4 rings (SSSR count). The van der Waals surface area contributed by atoms with E-state index in [1.807, 2.05) is 28.5 Å². The van der Waals surface area contributed by atoms with Gasteiger partial charge in [-0.05, 0) is 29.5 Å². The Kier molecular flexibility index (Phi) is 5.08. The Bertz CT molecular complexity index is 989. The molecule has 1 aliphatic rings. The van der Waals surface area contributed by atoms with Gasteiger partial charge in [0.2, 0.25) is 0 Å². The van der Waals surface area contributed by atoms with Crippen LogP contribution in [0.1, 0.15) is 37.9 Å². The Morgan fingerprint density at radius 3 is 2.71 bits per heavy atom. The number of aromatic carboxylic acids is 1. The molecule has 0 unspecified atom stereocenters. The number of anilines is 2. The highest BCUT2D eigenvalue weighted by atomic mass is 32.1. The number of nitrogens with zero attached hydrogens (tertiary/aromatic N) is 2. The van der Waals surface area contributed by atoms with Gasteiger partial charge in [0, 0.05) is 19.0 Å². The molecular formula is C21H19N3O3S. The highest BCUT2D eigenvalue weighted by molar-refractivity contribution is 7.12. The first kappa shape index (κ1) is 18.2. The molecule has 0 aliphatic carbocycles. The van der Waals surface area contributed by atoms with Crippen LogP contribution in [-0.2, 0) is 0 Å². The molecule has 7 heteroatoms. The second-order valence-corrected chi connectivity index (χ2v) is 7.62. The molecule has 0 radical (unpaired) electrons. The minimum absolute atomic E-state index is 0.0951. The van der Waals surface area contributed by atoms with Crippen molar-refractivity contribution in [2.75, 3.05) is 23.3 Å². The fraction of sp³-hybridized carbons (Fsp3) is 0.190. The number of aromatic nitrogens is 1. The average Bonchev–Trinajstić information content (AvgIpc) is 3.41. The maximum atomic E-state index is 12.2. The molecule has 142 valence electrons. The molecule has 3 aromatic rings. The van der Waals surface area contributed by atoms with Crippen molar-refractivity contribution in [2.24, 2.45) is 0 Å². The lowest BCUT2D eigenvalue weighted by atomic mass is 9.99. The lowest BCUT2D eigenvalue weighted by molar-refractivity contribution is 0.0697. The van der Waals surface area contributed by atoms with Crippen molar-refractivity contribution in [3.63, 3.8) is 0 Å². The molecule has 1 amide bonds. The van der Waals surface area contributed by atoms with Gasteiger partial charge in [0.15, 0.2) is 0 Å². The van der Waals surface area contributed by atoms with Crippen LogP contribution in [0.25, 0.3) is 0 Å². The molecule has 1 aromatic carbocycles. The van der Waals surface area contributed by atoms with Crippen LogP contribution in [0.15, 0.2) is 60.1 Å². The molecule has 0 spiro atoms. The zero-order chi connectivity index (χ0) is 19.5. The summed E-state index contributed by atoms with van der Waals surface area (Å²) >= 11 is 1.33. The highest BCUT2D eigenvalue weighted by Gasteiger charge is 2.28. The number of pyridine rings is 1. The molecule has 0 saturated carbocycles. The SMILES string of the molecule is O=C(Nc1cnc(N2CC[C@@H](c3ccccc3)C2)c(C(=O)O)c1)c1cccs1. The lowest BCUT2D eigenvalue weighted by Gasteiger charge is -2.20. The fourth-order valence-corrected chi connectivity index (χ4v) is 4.10. The van der Waals surface area contributed by atoms with Crippen LogP contribution in [0.2, 0.25) is 0 Å². The summed E-state index contributed by atoms with van der Waals surface area (Å²) in [6.45, 7) is 1.46. The number of benzene rings is 1. The minimum atomic E-state index is -1.06. The van der Waals surface area contributed by atoms with E-state index in [4.69, 9.17) is 0 Å². The van der Waals surface area contributed by atoms with Gasteiger partial charge in [-0.25, -0.2) is 9.78 Å². The quantitative estimate of drug-likeness (QED) is 0.682. The molecule has 28 heavy (non-hydrogen) atoms. The van der Waals surface area contributed by atoms with Gasteiger partial charge >= 0.3 is 5.97 Å². The van der Waals surface area contributed by atoms with Gasteiger partial charge in [-0.3, -0.25) is 4.79 Å². The molecule has 2 aromatic heterocycles. The maximum absolute atomic E-state index is 12.2. The van der Waals surface area contributed by atoms with Gasteiger partial charge in [-0.2, -0.15) is 0 Å². The number of thiophene rings is 1. The molecule has 2 N–H and O–H groups in total. The molecule has 3 heterocycles. The van der Waals surface area contributed by atoms with Crippen molar-refractivity contribution in [1.82, 2.24) is 4.98 Å². The van der Waals surface area contributed by atoms with E-state index in [1.54, 1.807) is 12.1 Å². The van der Waals surface area contributed by atoms with Crippen molar-refractivity contribution in [3.05, 3.63) is 76.1 Å². The topological polar surface area (TPSA) is 82.5 Å². The third-order valence-electron chi connectivity index (χ3n) is 4.86. The van der Waals surface area contributed by atoms with E-state index in [0.29, 0.717) is 22.3 Å². The predicted octanol–water partition coefficient (Wildman–Crippen LogP) is 4.09. The average molecular weight is 393 g/mol. The lowest BCUT2D eigenvalue weighted by Crippen LogP contribution is -2.23. The van der Waals surface area contributed by atoms with Gasteiger partial charge in [0.1, 0.15) is 11.4 Å². The van der Waals surface area contributed by atoms with Crippen LogP contribution in [0.4, 0.5) is 11.5 Å². The standard InChI is InChI=1S/C21H19N3O3S/c25-20(18-7-4-10-28-18)23-16-11-17(21(26)27)19(22-12-16)24-9-8-15(13-24)14-5-2-1-3-6-14/h1-7,10-12,15H,8-9,13H2,(H,23,25)(H,26,27)/t15-/m1/s1. The van der Waals surface area contributed by atoms with Crippen LogP contribution in [0.5, 0.6) is 0 Å². The van der Waals surface area contributed by atoms with E-state index in [-0.39, 0.29) is 11.5 Å². The van der Waals surface area contributed by atoms with Crippen molar-refractivity contribution in [2.45, 2.75) is 12.3 Å². The summed E-state index contributed by atoms with van der Waals surface area (Å²) in [6, 6.07) is 15.2. The van der Waals surface area contributed by atoms with E-state index in [1.165, 1.54) is 29.2 Å². The maximum Gasteiger partial charge on any atom is 0.339 e. The number of carboxylic acid groups (broad SMARTS) is 1. The number of amides is 1. The first-order valence-electron chi connectivity index (χ1n) is 9.00. The van der Waals surface area contributed by atoms with E-state index in [0.717, 1.165) is 19.5 Å². The zero-order valence-corrected chi connectivity index (χ0v) is 15.9.